The van der Waals surface area contributed by atoms with Crippen molar-refractivity contribution >= 4 is 17.8 Å². The van der Waals surface area contributed by atoms with Gasteiger partial charge in [0, 0.05) is 18.8 Å². The Hall–Kier alpha value is -1.57. The van der Waals surface area contributed by atoms with E-state index in [0.717, 1.165) is 29.4 Å². The molecule has 0 aliphatic carbocycles. The Kier molecular flexibility index (Phi) is 3.85. The second-order valence-electron chi connectivity index (χ2n) is 5.03. The van der Waals surface area contributed by atoms with E-state index in [1.807, 2.05) is 19.1 Å². The number of hydrogen-bond acceptors (Lipinski definition) is 1. The lowest BCUT2D eigenvalue weighted by atomic mass is 10.1. The van der Waals surface area contributed by atoms with Crippen molar-refractivity contribution in [2.75, 3.05) is 18.0 Å². The van der Waals surface area contributed by atoms with Crippen LogP contribution in [0, 0.1) is 5.92 Å². The fourth-order valence-electron chi connectivity index (χ4n) is 2.48. The summed E-state index contributed by atoms with van der Waals surface area (Å²) in [4.78, 5) is 2.39. The second kappa shape index (κ2) is 5.38. The van der Waals surface area contributed by atoms with Crippen molar-refractivity contribution in [1.82, 2.24) is 0 Å². The summed E-state index contributed by atoms with van der Waals surface area (Å²) >= 11 is 0. The number of halogens is 1. The van der Waals surface area contributed by atoms with Gasteiger partial charge in [0.25, 0.3) is 0 Å². The summed E-state index contributed by atoms with van der Waals surface area (Å²) in [6.45, 7) is 9.77. The summed E-state index contributed by atoms with van der Waals surface area (Å²) < 4.78 is 12.9. The van der Waals surface area contributed by atoms with E-state index in [-0.39, 0.29) is 0 Å². The standard InChI is InChI=1S/C16H20FN/c1-4-14-10-16(18-8-7-12(2)11-18)6-5-15(14)9-13(3)17/h4-6,9-10,12H,3,7-8,11H2,1-2H3/b14-4-,15-9-. The molecule has 0 spiro atoms. The van der Waals surface area contributed by atoms with Crippen molar-refractivity contribution in [1.29, 1.82) is 0 Å². The first kappa shape index (κ1) is 12.9. The van der Waals surface area contributed by atoms with Gasteiger partial charge in [-0.15, -0.1) is 0 Å². The van der Waals surface area contributed by atoms with Gasteiger partial charge in [-0.1, -0.05) is 25.6 Å². The number of hydrogen-bond donors (Lipinski definition) is 0. The van der Waals surface area contributed by atoms with Crippen molar-refractivity contribution in [3.63, 3.8) is 0 Å². The van der Waals surface area contributed by atoms with Gasteiger partial charge in [0.05, 0.1) is 0 Å². The molecule has 18 heavy (non-hydrogen) atoms. The Morgan fingerprint density at radius 2 is 2.22 bits per heavy atom. The molecule has 1 nitrogen and oxygen atoms in total. The van der Waals surface area contributed by atoms with E-state index in [0.29, 0.717) is 0 Å². The summed E-state index contributed by atoms with van der Waals surface area (Å²) in [5.74, 6) is 0.358. The molecule has 1 aromatic rings. The summed E-state index contributed by atoms with van der Waals surface area (Å²) in [5, 5.41) is 1.95. The van der Waals surface area contributed by atoms with Gasteiger partial charge in [-0.2, -0.15) is 0 Å². The van der Waals surface area contributed by atoms with Crippen LogP contribution in [0.1, 0.15) is 20.3 Å². The Labute approximate surface area is 108 Å². The zero-order valence-corrected chi connectivity index (χ0v) is 11.1. The van der Waals surface area contributed by atoms with Crippen LogP contribution in [0.2, 0.25) is 0 Å². The molecule has 1 aliphatic rings. The highest BCUT2D eigenvalue weighted by Crippen LogP contribution is 2.21. The van der Waals surface area contributed by atoms with E-state index in [9.17, 15) is 4.39 Å². The molecule has 1 saturated heterocycles. The predicted molar refractivity (Wildman–Crippen MR) is 76.5 cm³/mol. The van der Waals surface area contributed by atoms with E-state index >= 15 is 0 Å². The number of rotatable bonds is 2. The van der Waals surface area contributed by atoms with E-state index in [2.05, 4.69) is 30.5 Å². The SMILES string of the molecule is C=C(F)/C=c1/ccc(N2CCC(C)C2)c/c1=C/C. The normalized spacial score (nSPS) is 21.7. The zero-order valence-electron chi connectivity index (χ0n) is 11.1. The van der Waals surface area contributed by atoms with E-state index in [1.165, 1.54) is 18.2 Å². The third-order valence-corrected chi connectivity index (χ3v) is 3.48. The molecule has 1 atom stereocenters. The Bertz CT molecular complexity index is 559. The van der Waals surface area contributed by atoms with Crippen LogP contribution in [0.3, 0.4) is 0 Å². The minimum absolute atomic E-state index is 0.402. The summed E-state index contributed by atoms with van der Waals surface area (Å²) in [7, 11) is 0. The zero-order chi connectivity index (χ0) is 13.1. The van der Waals surface area contributed by atoms with Crippen molar-refractivity contribution in [2.45, 2.75) is 20.3 Å². The maximum atomic E-state index is 12.9. The first-order chi connectivity index (χ1) is 8.60. The lowest BCUT2D eigenvalue weighted by Gasteiger charge is -2.18. The van der Waals surface area contributed by atoms with Crippen LogP contribution in [-0.4, -0.2) is 13.1 Å². The minimum atomic E-state index is -0.402. The molecule has 2 rings (SSSR count). The average molecular weight is 245 g/mol. The van der Waals surface area contributed by atoms with Gasteiger partial charge in [-0.05, 0) is 47.9 Å². The van der Waals surface area contributed by atoms with Crippen molar-refractivity contribution < 1.29 is 4.39 Å². The van der Waals surface area contributed by atoms with Gasteiger partial charge in [0.2, 0.25) is 0 Å². The number of anilines is 1. The Balaban J connectivity index is 2.40. The van der Waals surface area contributed by atoms with Gasteiger partial charge in [-0.3, -0.25) is 0 Å². The van der Waals surface area contributed by atoms with Crippen molar-refractivity contribution in [3.8, 4) is 0 Å². The number of allylic oxidation sites excluding steroid dienone is 1. The topological polar surface area (TPSA) is 3.24 Å². The highest BCUT2D eigenvalue weighted by Gasteiger charge is 2.18. The third-order valence-electron chi connectivity index (χ3n) is 3.48. The largest absolute Gasteiger partial charge is 0.371 e. The summed E-state index contributed by atoms with van der Waals surface area (Å²) in [6, 6.07) is 6.17. The van der Waals surface area contributed by atoms with Gasteiger partial charge in [0.1, 0.15) is 5.83 Å². The molecule has 1 fully saturated rings. The first-order valence-electron chi connectivity index (χ1n) is 6.47. The number of nitrogens with zero attached hydrogens (tertiary/aromatic N) is 1. The molecule has 0 bridgehead atoms. The summed E-state index contributed by atoms with van der Waals surface area (Å²) in [6.07, 6.45) is 4.74. The second-order valence-corrected chi connectivity index (χ2v) is 5.03. The van der Waals surface area contributed by atoms with Crippen LogP contribution in [0.4, 0.5) is 10.1 Å². The first-order valence-corrected chi connectivity index (χ1v) is 6.47. The fourth-order valence-corrected chi connectivity index (χ4v) is 2.48. The molecule has 0 radical (unpaired) electrons. The van der Waals surface area contributed by atoms with Gasteiger partial charge < -0.3 is 4.90 Å². The monoisotopic (exact) mass is 245 g/mol. The lowest BCUT2D eigenvalue weighted by molar-refractivity contribution is 0.659. The van der Waals surface area contributed by atoms with Crippen LogP contribution in [0.5, 0.6) is 0 Å². The van der Waals surface area contributed by atoms with Crippen LogP contribution in [0.25, 0.3) is 12.2 Å². The molecule has 2 heteroatoms. The molecule has 0 N–H and O–H groups in total. The molecule has 1 aromatic carbocycles. The number of benzene rings is 1. The van der Waals surface area contributed by atoms with Crippen LogP contribution >= 0.6 is 0 Å². The fraction of sp³-hybridized carbons (Fsp3) is 0.375. The molecule has 96 valence electrons. The lowest BCUT2D eigenvalue weighted by Crippen LogP contribution is -2.27. The maximum absolute atomic E-state index is 12.9. The van der Waals surface area contributed by atoms with Crippen LogP contribution < -0.4 is 15.3 Å². The van der Waals surface area contributed by atoms with Gasteiger partial charge in [-0.25, -0.2) is 4.39 Å². The molecular formula is C16H20FN. The molecular weight excluding hydrogens is 225 g/mol. The Morgan fingerprint density at radius 3 is 2.78 bits per heavy atom. The smallest absolute Gasteiger partial charge is 0.116 e. The minimum Gasteiger partial charge on any atom is -0.371 e. The van der Waals surface area contributed by atoms with Gasteiger partial charge in [0.15, 0.2) is 0 Å². The van der Waals surface area contributed by atoms with Crippen LogP contribution in [-0.2, 0) is 0 Å². The predicted octanol–water partition coefficient (Wildman–Crippen LogP) is 2.60. The van der Waals surface area contributed by atoms with Crippen molar-refractivity contribution in [3.05, 3.63) is 41.0 Å². The van der Waals surface area contributed by atoms with E-state index < -0.39 is 5.83 Å². The van der Waals surface area contributed by atoms with Crippen LogP contribution in [0.15, 0.2) is 30.6 Å². The molecule has 0 amide bonds. The summed E-state index contributed by atoms with van der Waals surface area (Å²) in [5.41, 5.74) is 1.23. The highest BCUT2D eigenvalue weighted by molar-refractivity contribution is 5.52. The Morgan fingerprint density at radius 1 is 1.44 bits per heavy atom. The molecule has 0 aromatic heterocycles. The highest BCUT2D eigenvalue weighted by atomic mass is 19.1. The van der Waals surface area contributed by atoms with Crippen molar-refractivity contribution in [2.24, 2.45) is 5.92 Å². The average Bonchev–Trinajstić information content (AvgIpc) is 2.75. The quantitative estimate of drug-likeness (QED) is 0.774. The van der Waals surface area contributed by atoms with Gasteiger partial charge >= 0.3 is 0 Å². The van der Waals surface area contributed by atoms with E-state index in [1.54, 1.807) is 0 Å². The molecule has 1 aliphatic heterocycles. The third kappa shape index (κ3) is 2.81. The maximum Gasteiger partial charge on any atom is 0.116 e. The molecule has 1 heterocycles. The molecule has 1 unspecified atom stereocenters. The van der Waals surface area contributed by atoms with E-state index in [4.69, 9.17) is 0 Å². The molecule has 0 saturated carbocycles.